The molecule has 1 aromatic carbocycles. The lowest BCUT2D eigenvalue weighted by atomic mass is 9.58. The number of benzene rings is 1. The van der Waals surface area contributed by atoms with E-state index >= 15 is 0 Å². The molecule has 0 amide bonds. The van der Waals surface area contributed by atoms with Gasteiger partial charge in [0.2, 0.25) is 5.79 Å². The Morgan fingerprint density at radius 1 is 1.06 bits per heavy atom. The number of ether oxygens (including phenoxy) is 2. The first-order valence-electron chi connectivity index (χ1n) is 11.3. The molecule has 0 unspecified atom stereocenters. The molecule has 7 nitrogen and oxygen atoms in total. The Morgan fingerprint density at radius 3 is 2.68 bits per heavy atom. The predicted molar refractivity (Wildman–Crippen MR) is 107 cm³/mol. The molecule has 0 radical (unpaired) electrons. The third-order valence-corrected chi connectivity index (χ3v) is 8.08. The maximum atomic E-state index is 13.5. The quantitative estimate of drug-likeness (QED) is 0.657. The molecule has 8 heteroatoms. The van der Waals surface area contributed by atoms with Crippen LogP contribution in [-0.2, 0) is 19.2 Å². The highest BCUT2D eigenvalue weighted by Crippen LogP contribution is 2.61. The van der Waals surface area contributed by atoms with Crippen LogP contribution in [0.25, 0.3) is 11.3 Å². The summed E-state index contributed by atoms with van der Waals surface area (Å²) in [5.74, 6) is 0.0381. The third kappa shape index (κ3) is 2.78. The zero-order valence-corrected chi connectivity index (χ0v) is 18.0. The van der Waals surface area contributed by atoms with Crippen LogP contribution in [0.5, 0.6) is 0 Å². The van der Waals surface area contributed by atoms with E-state index in [4.69, 9.17) is 19.2 Å². The van der Waals surface area contributed by atoms with E-state index in [2.05, 4.69) is 24.2 Å². The van der Waals surface area contributed by atoms with Gasteiger partial charge in [-0.2, -0.15) is 0 Å². The van der Waals surface area contributed by atoms with Gasteiger partial charge in [-0.05, 0) is 62.3 Å². The molecule has 1 saturated carbocycles. The lowest BCUT2D eigenvalue weighted by molar-refractivity contribution is -0.574. The molecule has 2 aromatic rings. The maximum absolute atomic E-state index is 13.5. The molecule has 8 atom stereocenters. The maximum Gasteiger partial charge on any atom is 0.201 e. The molecular weight excluding hydrogens is 401 g/mol. The highest BCUT2D eigenvalue weighted by Gasteiger charge is 2.69. The molecule has 5 fully saturated rings. The summed E-state index contributed by atoms with van der Waals surface area (Å²) in [7, 11) is 0. The van der Waals surface area contributed by atoms with Gasteiger partial charge in [0.15, 0.2) is 18.1 Å². The summed E-state index contributed by atoms with van der Waals surface area (Å²) in [4.78, 5) is 12.1. The van der Waals surface area contributed by atoms with Gasteiger partial charge in [-0.3, -0.25) is 0 Å². The fourth-order valence-electron chi connectivity index (χ4n) is 6.42. The average Bonchev–Trinajstić information content (AvgIpc) is 3.12. The summed E-state index contributed by atoms with van der Waals surface area (Å²) in [6, 6.07) is 6.36. The van der Waals surface area contributed by atoms with Gasteiger partial charge in [-0.1, -0.05) is 19.1 Å². The molecule has 1 spiro atoms. The number of nitrogens with zero attached hydrogens (tertiary/aromatic N) is 3. The van der Waals surface area contributed by atoms with Crippen LogP contribution in [0.1, 0.15) is 52.7 Å². The van der Waals surface area contributed by atoms with Gasteiger partial charge in [0, 0.05) is 23.8 Å². The Kier molecular flexibility index (Phi) is 4.35. The third-order valence-electron chi connectivity index (χ3n) is 8.08. The highest BCUT2D eigenvalue weighted by molar-refractivity contribution is 5.58. The summed E-state index contributed by atoms with van der Waals surface area (Å²) in [5.41, 5.74) is 1.02. The fraction of sp³-hybridized carbons (Fsp3) is 0.652. The van der Waals surface area contributed by atoms with E-state index < -0.39 is 17.7 Å². The van der Waals surface area contributed by atoms with Crippen LogP contribution in [0, 0.1) is 29.5 Å². The average molecular weight is 429 g/mol. The normalized spacial score (nSPS) is 44.0. The summed E-state index contributed by atoms with van der Waals surface area (Å²) in [6.07, 6.45) is 4.71. The number of aromatic nitrogens is 3. The van der Waals surface area contributed by atoms with Crippen molar-refractivity contribution in [3.63, 3.8) is 0 Å². The Labute approximate surface area is 180 Å². The summed E-state index contributed by atoms with van der Waals surface area (Å²) in [6.45, 7) is 6.41. The van der Waals surface area contributed by atoms with Crippen LogP contribution >= 0.6 is 0 Å². The van der Waals surface area contributed by atoms with E-state index in [0.29, 0.717) is 11.8 Å². The SMILES string of the molecule is C[C@H]1[C@H](n2nncc2-c2ccc(F)cc2)O[C@@H]2O[C@@]3(C)CC[C@H]4[C@H](C)CC[C@@H]1[C@@]24OO3. The van der Waals surface area contributed by atoms with Gasteiger partial charge in [-0.25, -0.2) is 18.8 Å². The Morgan fingerprint density at radius 2 is 1.87 bits per heavy atom. The molecular formula is C23H28FN3O4. The van der Waals surface area contributed by atoms with E-state index in [0.717, 1.165) is 36.9 Å². The van der Waals surface area contributed by atoms with Gasteiger partial charge >= 0.3 is 0 Å². The molecule has 1 aromatic heterocycles. The van der Waals surface area contributed by atoms with Crippen molar-refractivity contribution in [3.05, 3.63) is 36.3 Å². The minimum absolute atomic E-state index is 0.0989. The van der Waals surface area contributed by atoms with E-state index in [1.165, 1.54) is 12.1 Å². The van der Waals surface area contributed by atoms with E-state index in [1.54, 1.807) is 18.3 Å². The lowest BCUT2D eigenvalue weighted by Gasteiger charge is -2.60. The van der Waals surface area contributed by atoms with Crippen molar-refractivity contribution in [2.24, 2.45) is 23.7 Å². The second-order valence-corrected chi connectivity index (χ2v) is 9.87. The molecule has 5 heterocycles. The summed E-state index contributed by atoms with van der Waals surface area (Å²) in [5, 5.41) is 8.52. The van der Waals surface area contributed by atoms with Crippen LogP contribution < -0.4 is 0 Å². The second kappa shape index (κ2) is 6.81. The molecule has 31 heavy (non-hydrogen) atoms. The summed E-state index contributed by atoms with van der Waals surface area (Å²) < 4.78 is 28.3. The number of hydrogen-bond acceptors (Lipinski definition) is 6. The molecule has 166 valence electrons. The smallest absolute Gasteiger partial charge is 0.201 e. The molecule has 2 bridgehead atoms. The Hall–Kier alpha value is -1.87. The van der Waals surface area contributed by atoms with Crippen molar-refractivity contribution in [2.75, 3.05) is 0 Å². The van der Waals surface area contributed by atoms with Gasteiger partial charge in [-0.15, -0.1) is 5.10 Å². The van der Waals surface area contributed by atoms with E-state index in [9.17, 15) is 4.39 Å². The number of halogens is 1. The summed E-state index contributed by atoms with van der Waals surface area (Å²) >= 11 is 0. The van der Waals surface area contributed by atoms with Crippen molar-refractivity contribution < 1.29 is 23.6 Å². The zero-order chi connectivity index (χ0) is 21.4. The van der Waals surface area contributed by atoms with Crippen LogP contribution in [-0.4, -0.2) is 32.7 Å². The molecule has 0 N–H and O–H groups in total. The van der Waals surface area contributed by atoms with Crippen molar-refractivity contribution in [1.29, 1.82) is 0 Å². The molecule has 1 aliphatic carbocycles. The topological polar surface area (TPSA) is 67.6 Å². The fourth-order valence-corrected chi connectivity index (χ4v) is 6.42. The van der Waals surface area contributed by atoms with Gasteiger partial charge < -0.3 is 9.47 Å². The first kappa shape index (κ1) is 19.8. The molecule has 5 aliphatic rings. The lowest BCUT2D eigenvalue weighted by Crippen LogP contribution is -2.69. The van der Waals surface area contributed by atoms with Crippen LogP contribution in [0.15, 0.2) is 30.5 Å². The van der Waals surface area contributed by atoms with Crippen molar-refractivity contribution >= 4 is 0 Å². The predicted octanol–water partition coefficient (Wildman–Crippen LogP) is 4.46. The van der Waals surface area contributed by atoms with E-state index in [-0.39, 0.29) is 23.9 Å². The van der Waals surface area contributed by atoms with Crippen LogP contribution in [0.2, 0.25) is 0 Å². The second-order valence-electron chi connectivity index (χ2n) is 9.87. The van der Waals surface area contributed by atoms with Crippen molar-refractivity contribution in [2.45, 2.75) is 70.4 Å². The Bertz CT molecular complexity index is 983. The first-order valence-corrected chi connectivity index (χ1v) is 11.3. The number of fused-ring (bicyclic) bond motifs is 2. The minimum atomic E-state index is -0.815. The minimum Gasteiger partial charge on any atom is -0.324 e. The van der Waals surface area contributed by atoms with Crippen molar-refractivity contribution in [3.8, 4) is 11.3 Å². The van der Waals surface area contributed by atoms with Crippen LogP contribution in [0.4, 0.5) is 4.39 Å². The largest absolute Gasteiger partial charge is 0.324 e. The highest BCUT2D eigenvalue weighted by atomic mass is 19.1. The van der Waals surface area contributed by atoms with Crippen molar-refractivity contribution in [1.82, 2.24) is 15.0 Å². The first-order chi connectivity index (χ1) is 14.9. The van der Waals surface area contributed by atoms with Crippen LogP contribution in [0.3, 0.4) is 0 Å². The Balaban J connectivity index is 1.42. The van der Waals surface area contributed by atoms with Gasteiger partial charge in [0.1, 0.15) is 5.82 Å². The number of hydrogen-bond donors (Lipinski definition) is 0. The zero-order valence-electron chi connectivity index (χ0n) is 18.0. The standard InChI is InChI=1S/C23H28FN3O4/c1-13-4-9-18-14(2)20(27-19(12-25-26-27)15-5-7-16(24)8-6-15)28-21-23(18)17(13)10-11-22(3,29-21)30-31-23/h5-8,12-14,17-18,20-21H,4,9-11H2,1-3H3/t13-,14-,17+,18+,20-,21-,22-,23-/m1/s1. The molecule has 4 saturated heterocycles. The molecule has 4 aliphatic heterocycles. The molecule has 7 rings (SSSR count). The number of rotatable bonds is 2. The van der Waals surface area contributed by atoms with Gasteiger partial charge in [0.25, 0.3) is 0 Å². The van der Waals surface area contributed by atoms with E-state index in [1.807, 2.05) is 11.6 Å². The monoisotopic (exact) mass is 429 g/mol. The van der Waals surface area contributed by atoms with Gasteiger partial charge in [0.05, 0.1) is 11.9 Å².